The third kappa shape index (κ3) is 4.00. The van der Waals surface area contributed by atoms with E-state index in [-0.39, 0.29) is 0 Å². The Hall–Kier alpha value is -2.04. The number of hydrogen-bond acceptors (Lipinski definition) is 4. The Morgan fingerprint density at radius 1 is 0.545 bits per heavy atom. The zero-order valence-electron chi connectivity index (χ0n) is 12.9. The normalized spacial score (nSPS) is 16.4. The monoisotopic (exact) mass is 296 g/mol. The lowest BCUT2D eigenvalue weighted by atomic mass is 10.1. The molecule has 22 heavy (non-hydrogen) atoms. The van der Waals surface area contributed by atoms with Gasteiger partial charge in [0.25, 0.3) is 0 Å². The molecule has 4 N–H and O–H groups in total. The quantitative estimate of drug-likeness (QED) is 0.603. The van der Waals surface area contributed by atoms with Gasteiger partial charge in [0.2, 0.25) is 0 Å². The van der Waals surface area contributed by atoms with Crippen LogP contribution in [0.3, 0.4) is 0 Å². The Labute approximate surface area is 132 Å². The van der Waals surface area contributed by atoms with Gasteiger partial charge in [0, 0.05) is 50.6 Å². The van der Waals surface area contributed by atoms with Crippen molar-refractivity contribution in [1.82, 2.24) is 10.6 Å². The molecule has 0 saturated heterocycles. The summed E-state index contributed by atoms with van der Waals surface area (Å²) in [5, 5.41) is 14.1. The van der Waals surface area contributed by atoms with E-state index in [0.717, 1.165) is 39.3 Å². The topological polar surface area (TPSA) is 48.1 Å². The first-order valence-corrected chi connectivity index (χ1v) is 7.98. The van der Waals surface area contributed by atoms with Crippen molar-refractivity contribution in [2.45, 2.75) is 13.1 Å². The number of nitrogens with one attached hydrogen (secondary N) is 4. The second-order valence-electron chi connectivity index (χ2n) is 5.52. The van der Waals surface area contributed by atoms with E-state index in [0.29, 0.717) is 0 Å². The van der Waals surface area contributed by atoms with Crippen molar-refractivity contribution in [2.24, 2.45) is 0 Å². The SMILES string of the molecule is c1ccc2c(c1)CNCCNCc1ccccc1NCCN2. The van der Waals surface area contributed by atoms with Gasteiger partial charge in [-0.05, 0) is 23.3 Å². The van der Waals surface area contributed by atoms with E-state index in [2.05, 4.69) is 69.8 Å². The number of anilines is 2. The number of fused-ring (bicyclic) bond motifs is 2. The van der Waals surface area contributed by atoms with Gasteiger partial charge >= 0.3 is 0 Å². The van der Waals surface area contributed by atoms with Crippen LogP contribution in [0.4, 0.5) is 11.4 Å². The molecular formula is C18H24N4. The van der Waals surface area contributed by atoms with Crippen LogP contribution < -0.4 is 21.3 Å². The van der Waals surface area contributed by atoms with Gasteiger partial charge in [-0.3, -0.25) is 0 Å². The summed E-state index contributed by atoms with van der Waals surface area (Å²) in [5.41, 5.74) is 5.07. The van der Waals surface area contributed by atoms with Gasteiger partial charge in [0.15, 0.2) is 0 Å². The summed E-state index contributed by atoms with van der Waals surface area (Å²) in [6, 6.07) is 17.0. The van der Waals surface area contributed by atoms with Crippen molar-refractivity contribution in [3.63, 3.8) is 0 Å². The highest BCUT2D eigenvalue weighted by Crippen LogP contribution is 2.16. The molecule has 3 rings (SSSR count). The zero-order valence-corrected chi connectivity index (χ0v) is 12.9. The van der Waals surface area contributed by atoms with Gasteiger partial charge in [-0.1, -0.05) is 36.4 Å². The summed E-state index contributed by atoms with van der Waals surface area (Å²) >= 11 is 0. The van der Waals surface area contributed by atoms with Crippen molar-refractivity contribution in [3.05, 3.63) is 59.7 Å². The number of rotatable bonds is 0. The van der Waals surface area contributed by atoms with E-state index in [4.69, 9.17) is 0 Å². The molecule has 0 fully saturated rings. The van der Waals surface area contributed by atoms with E-state index in [1.54, 1.807) is 0 Å². The first-order valence-electron chi connectivity index (χ1n) is 7.98. The standard InChI is InChI=1S/C18H24N4/c1-3-7-17-15(5-1)13-19-9-10-20-14-16-6-2-4-8-18(16)22-12-11-21-17/h1-8,19-22H,9-14H2. The highest BCUT2D eigenvalue weighted by atomic mass is 15.0. The summed E-state index contributed by atoms with van der Waals surface area (Å²) in [7, 11) is 0. The molecule has 4 nitrogen and oxygen atoms in total. The predicted molar refractivity (Wildman–Crippen MR) is 93.3 cm³/mol. The highest BCUT2D eigenvalue weighted by molar-refractivity contribution is 5.53. The van der Waals surface area contributed by atoms with Crippen LogP contribution in [0, 0.1) is 0 Å². The van der Waals surface area contributed by atoms with Crippen molar-refractivity contribution in [2.75, 3.05) is 36.8 Å². The molecular weight excluding hydrogens is 272 g/mol. The predicted octanol–water partition coefficient (Wildman–Crippen LogP) is 2.40. The molecule has 2 aromatic carbocycles. The molecule has 0 atom stereocenters. The van der Waals surface area contributed by atoms with Gasteiger partial charge in [-0.2, -0.15) is 0 Å². The minimum absolute atomic E-state index is 0.898. The molecule has 1 heterocycles. The molecule has 0 radical (unpaired) electrons. The molecule has 0 bridgehead atoms. The van der Waals surface area contributed by atoms with Crippen molar-refractivity contribution >= 4 is 11.4 Å². The number of para-hydroxylation sites is 2. The number of benzene rings is 2. The lowest BCUT2D eigenvalue weighted by molar-refractivity contribution is 0.611. The minimum atomic E-state index is 0.898. The molecule has 0 aliphatic carbocycles. The fraction of sp³-hybridized carbons (Fsp3) is 0.333. The van der Waals surface area contributed by atoms with Crippen LogP contribution in [0.1, 0.15) is 11.1 Å². The molecule has 0 spiro atoms. The van der Waals surface area contributed by atoms with Crippen LogP contribution in [0.2, 0.25) is 0 Å². The molecule has 1 aliphatic heterocycles. The molecule has 0 saturated carbocycles. The second-order valence-corrected chi connectivity index (χ2v) is 5.52. The Morgan fingerprint density at radius 3 is 1.50 bits per heavy atom. The Kier molecular flexibility index (Phi) is 5.29. The minimum Gasteiger partial charge on any atom is -0.383 e. The van der Waals surface area contributed by atoms with Gasteiger partial charge in [0.05, 0.1) is 0 Å². The summed E-state index contributed by atoms with van der Waals surface area (Å²) in [6.45, 7) is 5.52. The first-order chi connectivity index (χ1) is 10.9. The zero-order chi connectivity index (χ0) is 15.0. The molecule has 0 aromatic heterocycles. The summed E-state index contributed by atoms with van der Waals surface area (Å²) in [5.74, 6) is 0. The van der Waals surface area contributed by atoms with E-state index >= 15 is 0 Å². The largest absolute Gasteiger partial charge is 0.383 e. The molecule has 1 aliphatic rings. The Morgan fingerprint density at radius 2 is 1.00 bits per heavy atom. The van der Waals surface area contributed by atoms with Crippen LogP contribution in [0.15, 0.2) is 48.5 Å². The first kappa shape index (κ1) is 14.9. The van der Waals surface area contributed by atoms with Crippen LogP contribution >= 0.6 is 0 Å². The van der Waals surface area contributed by atoms with Crippen LogP contribution in [-0.2, 0) is 13.1 Å². The van der Waals surface area contributed by atoms with Crippen LogP contribution in [-0.4, -0.2) is 26.2 Å². The van der Waals surface area contributed by atoms with Gasteiger partial charge in [-0.25, -0.2) is 0 Å². The molecule has 2 aromatic rings. The second kappa shape index (κ2) is 7.82. The van der Waals surface area contributed by atoms with Gasteiger partial charge in [0.1, 0.15) is 0 Å². The van der Waals surface area contributed by atoms with E-state index < -0.39 is 0 Å². The van der Waals surface area contributed by atoms with E-state index in [9.17, 15) is 0 Å². The Bertz CT molecular complexity index is 544. The van der Waals surface area contributed by atoms with E-state index in [1.807, 2.05) is 0 Å². The third-order valence-electron chi connectivity index (χ3n) is 3.90. The molecule has 0 amide bonds. The van der Waals surface area contributed by atoms with Crippen LogP contribution in [0.25, 0.3) is 0 Å². The van der Waals surface area contributed by atoms with Crippen molar-refractivity contribution in [1.29, 1.82) is 0 Å². The van der Waals surface area contributed by atoms with Crippen molar-refractivity contribution in [3.8, 4) is 0 Å². The third-order valence-corrected chi connectivity index (χ3v) is 3.90. The molecule has 4 heteroatoms. The summed E-state index contributed by atoms with van der Waals surface area (Å²) < 4.78 is 0. The van der Waals surface area contributed by atoms with Crippen LogP contribution in [0.5, 0.6) is 0 Å². The average molecular weight is 296 g/mol. The maximum Gasteiger partial charge on any atom is 0.0386 e. The Balaban J connectivity index is 1.70. The average Bonchev–Trinajstić information content (AvgIpc) is 2.56. The lowest BCUT2D eigenvalue weighted by Gasteiger charge is -2.17. The molecule has 116 valence electrons. The number of hydrogen-bond donors (Lipinski definition) is 4. The fourth-order valence-electron chi connectivity index (χ4n) is 2.71. The summed E-state index contributed by atoms with van der Waals surface area (Å²) in [6.07, 6.45) is 0. The smallest absolute Gasteiger partial charge is 0.0386 e. The highest BCUT2D eigenvalue weighted by Gasteiger charge is 2.04. The van der Waals surface area contributed by atoms with E-state index in [1.165, 1.54) is 22.5 Å². The maximum absolute atomic E-state index is 3.53. The van der Waals surface area contributed by atoms with Gasteiger partial charge in [-0.15, -0.1) is 0 Å². The fourth-order valence-corrected chi connectivity index (χ4v) is 2.71. The van der Waals surface area contributed by atoms with Gasteiger partial charge < -0.3 is 21.3 Å². The lowest BCUT2D eigenvalue weighted by Crippen LogP contribution is -2.28. The van der Waals surface area contributed by atoms with Crippen molar-refractivity contribution < 1.29 is 0 Å². The maximum atomic E-state index is 3.53. The summed E-state index contributed by atoms with van der Waals surface area (Å²) in [4.78, 5) is 0. The molecule has 0 unspecified atom stereocenters.